The van der Waals surface area contributed by atoms with Gasteiger partial charge in [-0.15, -0.1) is 0 Å². The molecule has 2 aromatic rings. The van der Waals surface area contributed by atoms with E-state index in [9.17, 15) is 17.6 Å². The lowest BCUT2D eigenvalue weighted by Crippen LogP contribution is -2.23. The maximum atomic E-state index is 13.4. The molecule has 0 fully saturated rings. The molecule has 0 heterocycles. The van der Waals surface area contributed by atoms with Gasteiger partial charge in [0.1, 0.15) is 11.6 Å². The Labute approximate surface area is 121 Å². The summed E-state index contributed by atoms with van der Waals surface area (Å²) < 4.78 is 37.4. The van der Waals surface area contributed by atoms with Crippen molar-refractivity contribution in [2.45, 2.75) is 4.90 Å². The average Bonchev–Trinajstić information content (AvgIpc) is 2.41. The van der Waals surface area contributed by atoms with Crippen LogP contribution in [0.25, 0.3) is 0 Å². The molecule has 0 saturated heterocycles. The lowest BCUT2D eigenvalue weighted by Gasteiger charge is -2.07. The molecule has 0 radical (unpaired) electrons. The van der Waals surface area contributed by atoms with E-state index in [4.69, 9.17) is 5.73 Å². The Morgan fingerprint density at radius 2 is 1.71 bits per heavy atom. The number of hydrogen-bond acceptors (Lipinski definition) is 4. The van der Waals surface area contributed by atoms with Crippen molar-refractivity contribution < 1.29 is 17.6 Å². The van der Waals surface area contributed by atoms with E-state index in [1.807, 2.05) is 0 Å². The van der Waals surface area contributed by atoms with Crippen molar-refractivity contribution in [2.24, 2.45) is 0 Å². The highest BCUT2D eigenvalue weighted by Gasteiger charge is 2.19. The largest absolute Gasteiger partial charge is 0.399 e. The van der Waals surface area contributed by atoms with Crippen molar-refractivity contribution in [1.29, 1.82) is 0 Å². The fourth-order valence-electron chi connectivity index (χ4n) is 1.68. The molecule has 0 aromatic heterocycles. The van der Waals surface area contributed by atoms with Gasteiger partial charge in [0.05, 0.1) is 10.6 Å². The summed E-state index contributed by atoms with van der Waals surface area (Å²) in [5.41, 5.74) is 5.84. The van der Waals surface area contributed by atoms with Crippen LogP contribution >= 0.6 is 0 Å². The predicted octanol–water partition coefficient (Wildman–Crippen LogP) is 1.82. The van der Waals surface area contributed by atoms with E-state index in [0.29, 0.717) is 5.69 Å². The van der Waals surface area contributed by atoms with Gasteiger partial charge in [0, 0.05) is 5.69 Å². The molecule has 0 saturated carbocycles. The highest BCUT2D eigenvalue weighted by Crippen LogP contribution is 2.15. The number of halogens is 1. The second-order valence-electron chi connectivity index (χ2n) is 4.36. The predicted molar refractivity (Wildman–Crippen MR) is 77.9 cm³/mol. The van der Waals surface area contributed by atoms with E-state index >= 15 is 0 Å². The van der Waals surface area contributed by atoms with Crippen LogP contribution < -0.4 is 11.1 Å². The first-order chi connectivity index (χ1) is 9.88. The van der Waals surface area contributed by atoms with Crippen LogP contribution in [0.5, 0.6) is 0 Å². The summed E-state index contributed by atoms with van der Waals surface area (Å²) in [6.45, 7) is 0. The Morgan fingerprint density at radius 1 is 1.10 bits per heavy atom. The topological polar surface area (TPSA) is 89.3 Å². The molecular formula is C14H13FN2O3S. The standard InChI is InChI=1S/C14H13FN2O3S/c15-12-3-1-2-4-13(12)17-14(18)9-21(19,20)11-7-5-10(16)6-8-11/h1-8H,9,16H2,(H,17,18). The van der Waals surface area contributed by atoms with Gasteiger partial charge in [-0.25, -0.2) is 12.8 Å². The molecule has 2 rings (SSSR count). The van der Waals surface area contributed by atoms with Crippen molar-refractivity contribution in [3.63, 3.8) is 0 Å². The second-order valence-corrected chi connectivity index (χ2v) is 6.35. The fourth-order valence-corrected chi connectivity index (χ4v) is 2.81. The number of carbonyl (C=O) groups excluding carboxylic acids is 1. The van der Waals surface area contributed by atoms with Gasteiger partial charge in [0.15, 0.2) is 9.84 Å². The van der Waals surface area contributed by atoms with Gasteiger partial charge in [-0.1, -0.05) is 12.1 Å². The van der Waals surface area contributed by atoms with Gasteiger partial charge in [-0.3, -0.25) is 4.79 Å². The van der Waals surface area contributed by atoms with Crippen LogP contribution in [0.15, 0.2) is 53.4 Å². The van der Waals surface area contributed by atoms with Crippen molar-refractivity contribution in [3.8, 4) is 0 Å². The van der Waals surface area contributed by atoms with Crippen LogP contribution in [0.4, 0.5) is 15.8 Å². The van der Waals surface area contributed by atoms with E-state index in [1.165, 1.54) is 48.5 Å². The average molecular weight is 308 g/mol. The highest BCUT2D eigenvalue weighted by atomic mass is 32.2. The van der Waals surface area contributed by atoms with Crippen LogP contribution in [0, 0.1) is 5.82 Å². The lowest BCUT2D eigenvalue weighted by molar-refractivity contribution is -0.113. The molecule has 0 bridgehead atoms. The van der Waals surface area contributed by atoms with Crippen LogP contribution in [0.3, 0.4) is 0 Å². The third kappa shape index (κ3) is 3.79. The number of nitrogens with two attached hydrogens (primary N) is 1. The summed E-state index contributed by atoms with van der Waals surface area (Å²) >= 11 is 0. The molecule has 2 aromatic carbocycles. The van der Waals surface area contributed by atoms with Gasteiger partial charge < -0.3 is 11.1 Å². The first-order valence-corrected chi connectivity index (χ1v) is 7.66. The second kappa shape index (κ2) is 5.92. The Bertz CT molecular complexity index is 758. The first-order valence-electron chi connectivity index (χ1n) is 6.01. The molecule has 1 amide bonds. The summed E-state index contributed by atoms with van der Waals surface area (Å²) in [5.74, 6) is -2.21. The van der Waals surface area contributed by atoms with Crippen molar-refractivity contribution in [3.05, 3.63) is 54.3 Å². The molecule has 0 spiro atoms. The number of sulfone groups is 1. The van der Waals surface area contributed by atoms with E-state index in [-0.39, 0.29) is 10.6 Å². The SMILES string of the molecule is Nc1ccc(S(=O)(=O)CC(=O)Nc2ccccc2F)cc1. The van der Waals surface area contributed by atoms with E-state index < -0.39 is 27.3 Å². The molecular weight excluding hydrogens is 295 g/mol. The number of para-hydroxylation sites is 1. The molecule has 0 atom stereocenters. The fraction of sp³-hybridized carbons (Fsp3) is 0.0714. The minimum absolute atomic E-state index is 0.0135. The van der Waals surface area contributed by atoms with Gasteiger partial charge >= 0.3 is 0 Å². The molecule has 0 unspecified atom stereocenters. The van der Waals surface area contributed by atoms with Gasteiger partial charge in [-0.05, 0) is 36.4 Å². The van der Waals surface area contributed by atoms with E-state index in [1.54, 1.807) is 0 Å². The van der Waals surface area contributed by atoms with Crippen LogP contribution in [-0.2, 0) is 14.6 Å². The van der Waals surface area contributed by atoms with Gasteiger partial charge in [0.25, 0.3) is 0 Å². The third-order valence-electron chi connectivity index (χ3n) is 2.71. The highest BCUT2D eigenvalue weighted by molar-refractivity contribution is 7.92. The van der Waals surface area contributed by atoms with Crippen LogP contribution in [0.1, 0.15) is 0 Å². The molecule has 7 heteroatoms. The Balaban J connectivity index is 2.12. The Kier molecular flexibility index (Phi) is 4.23. The number of anilines is 2. The van der Waals surface area contributed by atoms with E-state index in [0.717, 1.165) is 0 Å². The normalized spacial score (nSPS) is 11.1. The summed E-state index contributed by atoms with van der Waals surface area (Å²) in [5, 5.41) is 2.23. The molecule has 0 aliphatic heterocycles. The zero-order valence-corrected chi connectivity index (χ0v) is 11.7. The number of benzene rings is 2. The van der Waals surface area contributed by atoms with Crippen molar-refractivity contribution in [2.75, 3.05) is 16.8 Å². The number of hydrogen-bond donors (Lipinski definition) is 2. The zero-order chi connectivity index (χ0) is 15.5. The number of amides is 1. The number of carbonyl (C=O) groups is 1. The molecule has 5 nitrogen and oxygen atoms in total. The minimum atomic E-state index is -3.80. The summed E-state index contributed by atoms with van der Waals surface area (Å²) in [4.78, 5) is 11.7. The Morgan fingerprint density at radius 3 is 2.33 bits per heavy atom. The van der Waals surface area contributed by atoms with Gasteiger partial charge in [-0.2, -0.15) is 0 Å². The molecule has 3 N–H and O–H groups in total. The Hall–Kier alpha value is -2.41. The smallest absolute Gasteiger partial charge is 0.240 e. The molecule has 110 valence electrons. The van der Waals surface area contributed by atoms with Crippen molar-refractivity contribution in [1.82, 2.24) is 0 Å². The molecule has 21 heavy (non-hydrogen) atoms. The lowest BCUT2D eigenvalue weighted by atomic mass is 10.3. The first kappa shape index (κ1) is 15.0. The minimum Gasteiger partial charge on any atom is -0.399 e. The molecule has 0 aliphatic carbocycles. The monoisotopic (exact) mass is 308 g/mol. The van der Waals surface area contributed by atoms with Gasteiger partial charge in [0.2, 0.25) is 5.91 Å². The van der Waals surface area contributed by atoms with Crippen LogP contribution in [-0.4, -0.2) is 20.1 Å². The number of nitrogens with one attached hydrogen (secondary N) is 1. The summed E-state index contributed by atoms with van der Waals surface area (Å²) in [7, 11) is -3.80. The third-order valence-corrected chi connectivity index (χ3v) is 4.34. The summed E-state index contributed by atoms with van der Waals surface area (Å²) in [6.07, 6.45) is 0. The molecule has 0 aliphatic rings. The summed E-state index contributed by atoms with van der Waals surface area (Å²) in [6, 6.07) is 11.0. The number of rotatable bonds is 4. The maximum absolute atomic E-state index is 13.4. The quantitative estimate of drug-likeness (QED) is 0.843. The number of nitrogen functional groups attached to an aromatic ring is 1. The van der Waals surface area contributed by atoms with Crippen LogP contribution in [0.2, 0.25) is 0 Å². The van der Waals surface area contributed by atoms with Crippen molar-refractivity contribution >= 4 is 27.1 Å². The zero-order valence-electron chi connectivity index (χ0n) is 10.9. The maximum Gasteiger partial charge on any atom is 0.240 e. The van der Waals surface area contributed by atoms with E-state index in [2.05, 4.69) is 5.32 Å².